The number of rotatable bonds is 7. The van der Waals surface area contributed by atoms with E-state index >= 15 is 0 Å². The molecule has 0 rings (SSSR count). The van der Waals surface area contributed by atoms with Crippen molar-refractivity contribution in [1.82, 2.24) is 10.2 Å². The second kappa shape index (κ2) is 8.06. The normalized spacial score (nSPS) is 13.9. The van der Waals surface area contributed by atoms with Gasteiger partial charge in [0.05, 0.1) is 6.04 Å². The molecule has 0 aromatic heterocycles. The Morgan fingerprint density at radius 3 is 2.41 bits per heavy atom. The lowest BCUT2D eigenvalue weighted by molar-refractivity contribution is -0.129. The van der Waals surface area contributed by atoms with Crippen molar-refractivity contribution in [2.45, 2.75) is 39.2 Å². The van der Waals surface area contributed by atoms with Gasteiger partial charge in [0.15, 0.2) is 0 Å². The van der Waals surface area contributed by atoms with E-state index in [0.717, 1.165) is 6.42 Å². The van der Waals surface area contributed by atoms with Gasteiger partial charge in [0.2, 0.25) is 11.8 Å². The van der Waals surface area contributed by atoms with E-state index in [9.17, 15) is 9.59 Å². The predicted octanol–water partition coefficient (Wildman–Crippen LogP) is 0.344. The Morgan fingerprint density at radius 2 is 1.94 bits per heavy atom. The predicted molar refractivity (Wildman–Crippen MR) is 68.4 cm³/mol. The fourth-order valence-corrected chi connectivity index (χ4v) is 1.31. The van der Waals surface area contributed by atoms with Crippen LogP contribution in [0.2, 0.25) is 0 Å². The number of carbonyl (C=O) groups is 2. The highest BCUT2D eigenvalue weighted by Crippen LogP contribution is 2.05. The molecule has 0 fully saturated rings. The summed E-state index contributed by atoms with van der Waals surface area (Å²) < 4.78 is 0. The van der Waals surface area contributed by atoms with Gasteiger partial charge in [-0.2, -0.15) is 0 Å². The molecule has 0 radical (unpaired) electrons. The molecular weight excluding hydrogens is 218 g/mol. The lowest BCUT2D eigenvalue weighted by atomic mass is 9.99. The summed E-state index contributed by atoms with van der Waals surface area (Å²) in [5.41, 5.74) is 5.77. The Labute approximate surface area is 104 Å². The summed E-state index contributed by atoms with van der Waals surface area (Å²) in [5, 5.41) is 2.76. The third-order valence-electron chi connectivity index (χ3n) is 2.93. The van der Waals surface area contributed by atoms with Crippen molar-refractivity contribution in [3.8, 4) is 0 Å². The first-order valence-corrected chi connectivity index (χ1v) is 6.13. The first-order valence-electron chi connectivity index (χ1n) is 6.13. The van der Waals surface area contributed by atoms with Crippen molar-refractivity contribution in [3.63, 3.8) is 0 Å². The monoisotopic (exact) mass is 243 g/mol. The lowest BCUT2D eigenvalue weighted by Crippen LogP contribution is -2.44. The van der Waals surface area contributed by atoms with Gasteiger partial charge < -0.3 is 16.0 Å². The first kappa shape index (κ1) is 15.9. The van der Waals surface area contributed by atoms with Crippen LogP contribution in [0.4, 0.5) is 0 Å². The van der Waals surface area contributed by atoms with E-state index in [4.69, 9.17) is 5.73 Å². The van der Waals surface area contributed by atoms with E-state index in [1.54, 1.807) is 19.0 Å². The summed E-state index contributed by atoms with van der Waals surface area (Å²) in [6.45, 7) is 4.47. The van der Waals surface area contributed by atoms with Gasteiger partial charge in [-0.3, -0.25) is 9.59 Å². The van der Waals surface area contributed by atoms with Crippen molar-refractivity contribution in [3.05, 3.63) is 0 Å². The Hall–Kier alpha value is -1.10. The van der Waals surface area contributed by atoms with E-state index in [1.165, 1.54) is 0 Å². The number of nitrogens with two attached hydrogens (primary N) is 1. The summed E-state index contributed by atoms with van der Waals surface area (Å²) in [6.07, 6.45) is 1.98. The molecule has 2 atom stereocenters. The van der Waals surface area contributed by atoms with E-state index in [-0.39, 0.29) is 17.7 Å². The average Bonchev–Trinajstić information content (AvgIpc) is 2.31. The Morgan fingerprint density at radius 1 is 1.35 bits per heavy atom. The minimum Gasteiger partial charge on any atom is -0.355 e. The summed E-state index contributed by atoms with van der Waals surface area (Å²) in [6, 6.07) is -0.454. The van der Waals surface area contributed by atoms with E-state index in [0.29, 0.717) is 19.4 Å². The second-order valence-electron chi connectivity index (χ2n) is 4.59. The molecule has 17 heavy (non-hydrogen) atoms. The highest BCUT2D eigenvalue weighted by molar-refractivity contribution is 5.81. The zero-order valence-electron chi connectivity index (χ0n) is 11.3. The standard InChI is InChI=1S/C12H25N3O2/c1-5-9(2)11(13)12(17)14-8-6-7-10(16)15(3)4/h9,11H,5-8,13H2,1-4H3,(H,14,17). The van der Waals surface area contributed by atoms with Crippen LogP contribution in [0.25, 0.3) is 0 Å². The minimum atomic E-state index is -0.454. The third kappa shape index (κ3) is 6.26. The van der Waals surface area contributed by atoms with Crippen molar-refractivity contribution in [2.75, 3.05) is 20.6 Å². The Balaban J connectivity index is 3.75. The molecule has 0 bridgehead atoms. The zero-order valence-corrected chi connectivity index (χ0v) is 11.3. The largest absolute Gasteiger partial charge is 0.355 e. The smallest absolute Gasteiger partial charge is 0.237 e. The van der Waals surface area contributed by atoms with Gasteiger partial charge in [0, 0.05) is 27.1 Å². The topological polar surface area (TPSA) is 75.4 Å². The first-order chi connectivity index (χ1) is 7.90. The van der Waals surface area contributed by atoms with Crippen LogP contribution in [0.15, 0.2) is 0 Å². The van der Waals surface area contributed by atoms with Crippen LogP contribution < -0.4 is 11.1 Å². The van der Waals surface area contributed by atoms with Crippen molar-refractivity contribution >= 4 is 11.8 Å². The van der Waals surface area contributed by atoms with Gasteiger partial charge >= 0.3 is 0 Å². The fourth-order valence-electron chi connectivity index (χ4n) is 1.31. The molecule has 2 amide bonds. The van der Waals surface area contributed by atoms with Crippen LogP contribution in [0, 0.1) is 5.92 Å². The maximum Gasteiger partial charge on any atom is 0.237 e. The molecule has 3 N–H and O–H groups in total. The van der Waals surface area contributed by atoms with Crippen molar-refractivity contribution < 1.29 is 9.59 Å². The average molecular weight is 243 g/mol. The molecule has 100 valence electrons. The number of hydrogen-bond donors (Lipinski definition) is 2. The summed E-state index contributed by atoms with van der Waals surface area (Å²) in [7, 11) is 3.44. The molecule has 0 aliphatic heterocycles. The SMILES string of the molecule is CCC(C)C(N)C(=O)NCCCC(=O)N(C)C. The minimum absolute atomic E-state index is 0.0745. The molecule has 0 saturated heterocycles. The number of carbonyl (C=O) groups excluding carboxylic acids is 2. The van der Waals surface area contributed by atoms with Crippen molar-refractivity contribution in [1.29, 1.82) is 0 Å². The van der Waals surface area contributed by atoms with Crippen LogP contribution in [0.5, 0.6) is 0 Å². The molecule has 0 heterocycles. The second-order valence-corrected chi connectivity index (χ2v) is 4.59. The highest BCUT2D eigenvalue weighted by atomic mass is 16.2. The summed E-state index contributed by atoms with van der Waals surface area (Å²) in [4.78, 5) is 24.4. The van der Waals surface area contributed by atoms with Gasteiger partial charge in [-0.05, 0) is 12.3 Å². The van der Waals surface area contributed by atoms with Gasteiger partial charge in [-0.15, -0.1) is 0 Å². The molecule has 5 nitrogen and oxygen atoms in total. The molecule has 5 heteroatoms. The number of nitrogens with zero attached hydrogens (tertiary/aromatic N) is 1. The Kier molecular flexibility index (Phi) is 7.54. The van der Waals surface area contributed by atoms with Crippen molar-refractivity contribution in [2.24, 2.45) is 11.7 Å². The molecule has 0 saturated carbocycles. The van der Waals surface area contributed by atoms with E-state index in [1.807, 2.05) is 13.8 Å². The van der Waals surface area contributed by atoms with Crippen LogP contribution in [0.1, 0.15) is 33.1 Å². The molecule has 0 aromatic carbocycles. The molecular formula is C12H25N3O2. The molecule has 0 aromatic rings. The van der Waals surface area contributed by atoms with Crippen LogP contribution in [0.3, 0.4) is 0 Å². The molecule has 0 spiro atoms. The summed E-state index contributed by atoms with van der Waals surface area (Å²) in [5.74, 6) is 0.125. The molecule has 2 unspecified atom stereocenters. The van der Waals surface area contributed by atoms with E-state index in [2.05, 4.69) is 5.32 Å². The number of hydrogen-bond acceptors (Lipinski definition) is 3. The maximum absolute atomic E-state index is 11.6. The Bertz CT molecular complexity index is 254. The van der Waals surface area contributed by atoms with Gasteiger partial charge in [-0.1, -0.05) is 20.3 Å². The molecule has 0 aliphatic rings. The van der Waals surface area contributed by atoms with Gasteiger partial charge in [0.25, 0.3) is 0 Å². The fraction of sp³-hybridized carbons (Fsp3) is 0.833. The lowest BCUT2D eigenvalue weighted by Gasteiger charge is -2.17. The highest BCUT2D eigenvalue weighted by Gasteiger charge is 2.18. The van der Waals surface area contributed by atoms with Gasteiger partial charge in [0.1, 0.15) is 0 Å². The summed E-state index contributed by atoms with van der Waals surface area (Å²) >= 11 is 0. The van der Waals surface area contributed by atoms with Gasteiger partial charge in [-0.25, -0.2) is 0 Å². The quantitative estimate of drug-likeness (QED) is 0.633. The zero-order chi connectivity index (χ0) is 13.4. The van der Waals surface area contributed by atoms with E-state index < -0.39 is 6.04 Å². The van der Waals surface area contributed by atoms with Crippen LogP contribution in [-0.4, -0.2) is 43.4 Å². The third-order valence-corrected chi connectivity index (χ3v) is 2.93. The molecule has 0 aliphatic carbocycles. The van der Waals surface area contributed by atoms with Crippen LogP contribution >= 0.6 is 0 Å². The number of amides is 2. The maximum atomic E-state index is 11.6. The number of nitrogens with one attached hydrogen (secondary N) is 1. The van der Waals surface area contributed by atoms with Crippen LogP contribution in [-0.2, 0) is 9.59 Å².